The molecule has 0 amide bonds. The molecule has 0 aliphatic carbocycles. The summed E-state index contributed by atoms with van der Waals surface area (Å²) in [6.07, 6.45) is 1.58. The normalized spacial score (nSPS) is 11.0. The number of nitrogen functional groups attached to an aromatic ring is 2. The first-order valence-electron chi connectivity index (χ1n) is 7.98. The fourth-order valence-corrected chi connectivity index (χ4v) is 2.84. The van der Waals surface area contributed by atoms with Gasteiger partial charge in [-0.3, -0.25) is 0 Å². The molecular weight excluding hydrogens is 350 g/mol. The maximum Gasteiger partial charge on any atom is 0.201 e. The lowest BCUT2D eigenvalue weighted by molar-refractivity contribution is 0.480. The number of hydrogen-bond acceptors (Lipinski definition) is 5. The average molecular weight is 366 g/mol. The first kappa shape index (κ1) is 16.2. The highest BCUT2D eigenvalue weighted by Crippen LogP contribution is 2.24. The van der Waals surface area contributed by atoms with Gasteiger partial charge in [0.2, 0.25) is 5.95 Å². The van der Waals surface area contributed by atoms with Crippen molar-refractivity contribution >= 4 is 34.3 Å². The lowest BCUT2D eigenvalue weighted by atomic mass is 10.2. The van der Waals surface area contributed by atoms with Crippen LogP contribution in [0.25, 0.3) is 11.0 Å². The zero-order valence-corrected chi connectivity index (χ0v) is 14.5. The standard InChI is InChI=1S/C19H16ClN5O/c20-18-8-6-15(10-23-18)26-14-4-1-12(2-5-14)11-25-17-9-13(21)3-7-16(17)24-19(25)22/h1-10H,11,21H2,(H2,22,24). The molecule has 2 heterocycles. The minimum atomic E-state index is 0.429. The summed E-state index contributed by atoms with van der Waals surface area (Å²) >= 11 is 5.77. The predicted molar refractivity (Wildman–Crippen MR) is 103 cm³/mol. The Morgan fingerprint density at radius 3 is 2.46 bits per heavy atom. The highest BCUT2D eigenvalue weighted by molar-refractivity contribution is 6.29. The van der Waals surface area contributed by atoms with Crippen LogP contribution in [0.4, 0.5) is 11.6 Å². The number of halogens is 1. The number of ether oxygens (including phenoxy) is 1. The Balaban J connectivity index is 1.55. The Morgan fingerprint density at radius 1 is 0.962 bits per heavy atom. The van der Waals surface area contributed by atoms with Gasteiger partial charge in [-0.25, -0.2) is 9.97 Å². The fraction of sp³-hybridized carbons (Fsp3) is 0.0526. The summed E-state index contributed by atoms with van der Waals surface area (Å²) in [5, 5.41) is 0.429. The molecule has 130 valence electrons. The van der Waals surface area contributed by atoms with Crippen LogP contribution in [0.2, 0.25) is 5.15 Å². The van der Waals surface area contributed by atoms with Gasteiger partial charge in [-0.15, -0.1) is 0 Å². The van der Waals surface area contributed by atoms with Crippen molar-refractivity contribution in [3.05, 3.63) is 71.5 Å². The number of anilines is 2. The molecule has 2 aromatic carbocycles. The number of imidazole rings is 1. The molecule has 0 atom stereocenters. The summed E-state index contributed by atoms with van der Waals surface area (Å²) in [5.41, 5.74) is 15.4. The molecule has 6 nitrogen and oxygen atoms in total. The van der Waals surface area contributed by atoms with E-state index in [0.29, 0.717) is 34.8 Å². The zero-order chi connectivity index (χ0) is 18.1. The maximum atomic E-state index is 6.06. The molecule has 26 heavy (non-hydrogen) atoms. The molecule has 2 aromatic heterocycles. The van der Waals surface area contributed by atoms with Crippen LogP contribution in [0.3, 0.4) is 0 Å². The Bertz CT molecular complexity index is 1060. The molecule has 4 rings (SSSR count). The van der Waals surface area contributed by atoms with E-state index in [-0.39, 0.29) is 0 Å². The van der Waals surface area contributed by atoms with Crippen molar-refractivity contribution in [2.75, 3.05) is 11.5 Å². The van der Waals surface area contributed by atoms with Crippen LogP contribution in [-0.2, 0) is 6.54 Å². The van der Waals surface area contributed by atoms with Crippen molar-refractivity contribution in [2.45, 2.75) is 6.54 Å². The van der Waals surface area contributed by atoms with E-state index < -0.39 is 0 Å². The highest BCUT2D eigenvalue weighted by atomic mass is 35.5. The van der Waals surface area contributed by atoms with Crippen molar-refractivity contribution < 1.29 is 4.74 Å². The molecule has 7 heteroatoms. The first-order chi connectivity index (χ1) is 12.6. The molecule has 4 N–H and O–H groups in total. The molecule has 0 saturated carbocycles. The van der Waals surface area contributed by atoms with Crippen molar-refractivity contribution in [1.29, 1.82) is 0 Å². The molecule has 0 spiro atoms. The van der Waals surface area contributed by atoms with E-state index in [2.05, 4.69) is 9.97 Å². The van der Waals surface area contributed by atoms with Gasteiger partial charge >= 0.3 is 0 Å². The summed E-state index contributed by atoms with van der Waals surface area (Å²) in [6, 6.07) is 16.8. The third-order valence-electron chi connectivity index (χ3n) is 4.00. The van der Waals surface area contributed by atoms with Gasteiger partial charge < -0.3 is 20.8 Å². The van der Waals surface area contributed by atoms with E-state index in [1.807, 2.05) is 47.0 Å². The molecular formula is C19H16ClN5O. The van der Waals surface area contributed by atoms with Gasteiger partial charge in [-0.2, -0.15) is 0 Å². The third-order valence-corrected chi connectivity index (χ3v) is 4.23. The predicted octanol–water partition coefficient (Wildman–Crippen LogP) is 4.09. The van der Waals surface area contributed by atoms with E-state index in [0.717, 1.165) is 16.6 Å². The second-order valence-electron chi connectivity index (χ2n) is 5.87. The lowest BCUT2D eigenvalue weighted by Gasteiger charge is -2.09. The van der Waals surface area contributed by atoms with Gasteiger partial charge in [0.15, 0.2) is 0 Å². The largest absolute Gasteiger partial charge is 0.456 e. The van der Waals surface area contributed by atoms with Crippen LogP contribution >= 0.6 is 11.6 Å². The van der Waals surface area contributed by atoms with Gasteiger partial charge in [0.25, 0.3) is 0 Å². The Hall–Kier alpha value is -3.25. The number of aromatic nitrogens is 3. The quantitative estimate of drug-likeness (QED) is 0.419. The monoisotopic (exact) mass is 365 g/mol. The van der Waals surface area contributed by atoms with Crippen molar-refractivity contribution in [2.24, 2.45) is 0 Å². The van der Waals surface area contributed by atoms with Gasteiger partial charge in [0.05, 0.1) is 23.8 Å². The van der Waals surface area contributed by atoms with Gasteiger partial charge in [0, 0.05) is 5.69 Å². The number of nitrogens with two attached hydrogens (primary N) is 2. The van der Waals surface area contributed by atoms with Crippen LogP contribution in [0.5, 0.6) is 11.5 Å². The smallest absolute Gasteiger partial charge is 0.201 e. The zero-order valence-electron chi connectivity index (χ0n) is 13.8. The first-order valence-corrected chi connectivity index (χ1v) is 8.36. The summed E-state index contributed by atoms with van der Waals surface area (Å²) in [4.78, 5) is 8.37. The van der Waals surface area contributed by atoms with E-state index in [9.17, 15) is 0 Å². The topological polar surface area (TPSA) is 92.0 Å². The van der Waals surface area contributed by atoms with Crippen molar-refractivity contribution in [1.82, 2.24) is 14.5 Å². The van der Waals surface area contributed by atoms with E-state index in [1.165, 1.54) is 0 Å². The molecule has 0 aliphatic heterocycles. The highest BCUT2D eigenvalue weighted by Gasteiger charge is 2.09. The SMILES string of the molecule is Nc1ccc2nc(N)n(Cc3ccc(Oc4ccc(Cl)nc4)cc3)c2c1. The Morgan fingerprint density at radius 2 is 1.73 bits per heavy atom. The third kappa shape index (κ3) is 3.27. The molecule has 0 saturated heterocycles. The molecule has 0 radical (unpaired) electrons. The molecule has 0 fully saturated rings. The van der Waals surface area contributed by atoms with E-state index in [4.69, 9.17) is 27.8 Å². The fourth-order valence-electron chi connectivity index (χ4n) is 2.73. The van der Waals surface area contributed by atoms with Gasteiger partial charge in [-0.1, -0.05) is 23.7 Å². The second-order valence-corrected chi connectivity index (χ2v) is 6.25. The molecule has 0 unspecified atom stereocenters. The molecule has 0 aliphatic rings. The summed E-state index contributed by atoms with van der Waals surface area (Å²) in [7, 11) is 0. The summed E-state index contributed by atoms with van der Waals surface area (Å²) in [5.74, 6) is 1.80. The van der Waals surface area contributed by atoms with Crippen LogP contribution < -0.4 is 16.2 Å². The second kappa shape index (κ2) is 6.57. The lowest BCUT2D eigenvalue weighted by Crippen LogP contribution is -2.04. The van der Waals surface area contributed by atoms with Crippen molar-refractivity contribution in [3.63, 3.8) is 0 Å². The van der Waals surface area contributed by atoms with Crippen LogP contribution in [0.1, 0.15) is 5.56 Å². The van der Waals surface area contributed by atoms with Gasteiger partial charge in [-0.05, 0) is 48.0 Å². The van der Waals surface area contributed by atoms with Crippen LogP contribution in [0, 0.1) is 0 Å². The number of hydrogen-bond donors (Lipinski definition) is 2. The molecule has 4 aromatic rings. The van der Waals surface area contributed by atoms with E-state index in [1.54, 1.807) is 18.3 Å². The maximum absolute atomic E-state index is 6.06. The minimum Gasteiger partial charge on any atom is -0.456 e. The Kier molecular flexibility index (Phi) is 4.10. The summed E-state index contributed by atoms with van der Waals surface area (Å²) in [6.45, 7) is 0.592. The molecule has 0 bridgehead atoms. The summed E-state index contributed by atoms with van der Waals surface area (Å²) < 4.78 is 7.69. The number of nitrogens with zero attached hydrogens (tertiary/aromatic N) is 3. The minimum absolute atomic E-state index is 0.429. The van der Waals surface area contributed by atoms with Gasteiger partial charge in [0.1, 0.15) is 16.7 Å². The van der Waals surface area contributed by atoms with Crippen LogP contribution in [0.15, 0.2) is 60.8 Å². The van der Waals surface area contributed by atoms with Crippen molar-refractivity contribution in [3.8, 4) is 11.5 Å². The number of pyridine rings is 1. The number of fused-ring (bicyclic) bond motifs is 1. The van der Waals surface area contributed by atoms with Crippen LogP contribution in [-0.4, -0.2) is 14.5 Å². The number of rotatable bonds is 4. The Labute approximate surface area is 155 Å². The number of benzene rings is 2. The van der Waals surface area contributed by atoms with E-state index >= 15 is 0 Å². The average Bonchev–Trinajstić information content (AvgIpc) is 2.94.